The van der Waals surface area contributed by atoms with Crippen molar-refractivity contribution in [2.24, 2.45) is 0 Å². The molecule has 1 aliphatic rings. The number of rotatable bonds is 7. The first kappa shape index (κ1) is 19.0. The van der Waals surface area contributed by atoms with E-state index in [1.165, 1.54) is 11.3 Å². The summed E-state index contributed by atoms with van der Waals surface area (Å²) in [4.78, 5) is 1.82. The number of ether oxygens (including phenoxy) is 1. The monoisotopic (exact) mass is 485 g/mol. The van der Waals surface area contributed by atoms with E-state index in [0.29, 0.717) is 12.2 Å². The Morgan fingerprint density at radius 2 is 2.28 bits per heavy atom. The molecule has 0 radical (unpaired) electrons. The number of aromatic nitrogens is 2. The van der Waals surface area contributed by atoms with Crippen LogP contribution in [0.3, 0.4) is 0 Å². The zero-order chi connectivity index (χ0) is 17.9. The molecule has 0 amide bonds. The van der Waals surface area contributed by atoms with Crippen LogP contribution in [0.1, 0.15) is 23.4 Å². The van der Waals surface area contributed by atoms with Gasteiger partial charge >= 0.3 is 6.18 Å². The maximum absolute atomic E-state index is 13.1. The van der Waals surface area contributed by atoms with Crippen LogP contribution in [0.2, 0.25) is 0 Å². The largest absolute Gasteiger partial charge is 0.433 e. The van der Waals surface area contributed by atoms with Gasteiger partial charge in [0.05, 0.1) is 15.5 Å². The fourth-order valence-electron chi connectivity index (χ4n) is 2.71. The van der Waals surface area contributed by atoms with E-state index in [9.17, 15) is 13.2 Å². The zero-order valence-electron chi connectivity index (χ0n) is 13.5. The minimum absolute atomic E-state index is 0.259. The predicted octanol–water partition coefficient (Wildman–Crippen LogP) is 4.26. The third-order valence-corrected chi connectivity index (χ3v) is 6.11. The lowest BCUT2D eigenvalue weighted by Gasteiger charge is -2.09. The number of alkyl halides is 4. The molecule has 0 bridgehead atoms. The van der Waals surface area contributed by atoms with Gasteiger partial charge in [-0.05, 0) is 31.0 Å². The van der Waals surface area contributed by atoms with Crippen molar-refractivity contribution in [3.05, 3.63) is 28.8 Å². The molecule has 9 heteroatoms. The topological polar surface area (TPSA) is 39.1 Å². The SMILES string of the molecule is C=ICn1nc(-c2ccc(CNC[C@@H]3CCCO3)s2)cc1C(F)(F)F. The second kappa shape index (κ2) is 8.28. The number of thiophene rings is 1. The molecule has 4 nitrogen and oxygen atoms in total. The standard InChI is InChI=1S/C16H19F3IN3OS/c1-20-10-23-15(16(17,18)19)7-13(22-23)14-5-4-12(25-14)9-21-8-11-3-2-6-24-11/h4-5,7,11,21H,1-3,6,8-10H2/t11-/m0/s1. The quantitative estimate of drug-likeness (QED) is 0.471. The Bertz CT molecular complexity index is 723. The van der Waals surface area contributed by atoms with Gasteiger partial charge in [0.2, 0.25) is 0 Å². The summed E-state index contributed by atoms with van der Waals surface area (Å²) in [6.45, 7) is 2.31. The molecular weight excluding hydrogens is 466 g/mol. The first-order valence-corrected chi connectivity index (χ1v) is 11.7. The van der Waals surface area contributed by atoms with Crippen LogP contribution < -0.4 is 5.32 Å². The average Bonchev–Trinajstić information content (AvgIpc) is 3.26. The summed E-state index contributed by atoms with van der Waals surface area (Å²) < 4.78 is 50.0. The first-order chi connectivity index (χ1) is 12.0. The Morgan fingerprint density at radius 1 is 1.44 bits per heavy atom. The molecule has 138 valence electrons. The van der Waals surface area contributed by atoms with E-state index >= 15 is 0 Å². The highest BCUT2D eigenvalue weighted by Crippen LogP contribution is 2.35. The average molecular weight is 485 g/mol. The van der Waals surface area contributed by atoms with Crippen LogP contribution in [-0.4, -0.2) is 33.6 Å². The van der Waals surface area contributed by atoms with Crippen LogP contribution in [0.25, 0.3) is 10.6 Å². The van der Waals surface area contributed by atoms with Crippen LogP contribution in [0.4, 0.5) is 13.2 Å². The molecule has 1 aliphatic heterocycles. The summed E-state index contributed by atoms with van der Waals surface area (Å²) in [5.41, 5.74) is -0.322. The van der Waals surface area contributed by atoms with Gasteiger partial charge in [-0.15, -0.1) is 32.1 Å². The van der Waals surface area contributed by atoms with Crippen molar-refractivity contribution in [1.29, 1.82) is 0 Å². The van der Waals surface area contributed by atoms with Crippen molar-refractivity contribution in [3.8, 4) is 10.6 Å². The lowest BCUT2D eigenvalue weighted by atomic mass is 10.2. The van der Waals surface area contributed by atoms with Crippen LogP contribution in [0.5, 0.6) is 0 Å². The van der Waals surface area contributed by atoms with Gasteiger partial charge in [-0.2, -0.15) is 18.3 Å². The van der Waals surface area contributed by atoms with Crippen molar-refractivity contribution in [1.82, 2.24) is 15.1 Å². The molecule has 0 spiro atoms. The van der Waals surface area contributed by atoms with Crippen LogP contribution in [0, 0.1) is 0 Å². The fourth-order valence-corrected chi connectivity index (χ4v) is 4.62. The van der Waals surface area contributed by atoms with E-state index < -0.39 is 32.6 Å². The van der Waals surface area contributed by atoms with Gasteiger partial charge in [-0.3, -0.25) is 4.68 Å². The van der Waals surface area contributed by atoms with E-state index in [4.69, 9.17) is 4.74 Å². The number of halogens is 4. The maximum atomic E-state index is 13.1. The van der Waals surface area contributed by atoms with Gasteiger partial charge in [0.25, 0.3) is 0 Å². The minimum atomic E-state index is -4.40. The van der Waals surface area contributed by atoms with Crippen molar-refractivity contribution in [3.63, 3.8) is 0 Å². The number of hydrogen-bond acceptors (Lipinski definition) is 4. The van der Waals surface area contributed by atoms with Gasteiger partial charge < -0.3 is 10.1 Å². The third-order valence-electron chi connectivity index (χ3n) is 3.88. The van der Waals surface area contributed by atoms with Crippen molar-refractivity contribution < 1.29 is 17.9 Å². The Labute approximate surface area is 158 Å². The molecular formula is C16H19F3IN3OS. The summed E-state index contributed by atoms with van der Waals surface area (Å²) in [5, 5.41) is 7.49. The second-order valence-corrected chi connectivity index (χ2v) is 8.68. The molecule has 3 rings (SSSR count). The Morgan fingerprint density at radius 3 is 2.96 bits per heavy atom. The molecule has 1 saturated heterocycles. The molecule has 1 fully saturated rings. The van der Waals surface area contributed by atoms with E-state index in [1.807, 2.05) is 12.1 Å². The van der Waals surface area contributed by atoms with Gasteiger partial charge in [-0.1, -0.05) is 4.51 Å². The summed E-state index contributed by atoms with van der Waals surface area (Å²) >= 11 is 0.897. The summed E-state index contributed by atoms with van der Waals surface area (Å²) in [6.07, 6.45) is -1.94. The molecule has 0 saturated carbocycles. The fraction of sp³-hybridized carbons (Fsp3) is 0.500. The molecule has 2 aromatic rings. The molecule has 3 heterocycles. The van der Waals surface area contributed by atoms with Crippen molar-refractivity contribution >= 4 is 36.6 Å². The minimum Gasteiger partial charge on any atom is -0.377 e. The summed E-state index contributed by atoms with van der Waals surface area (Å²) in [5.74, 6) is 0. The van der Waals surface area contributed by atoms with Gasteiger partial charge in [-0.25, -0.2) is 0 Å². The molecule has 0 unspecified atom stereocenters. The van der Waals surface area contributed by atoms with Gasteiger partial charge in [0.15, 0.2) is 0 Å². The smallest absolute Gasteiger partial charge is 0.377 e. The number of nitrogens with zero attached hydrogens (tertiary/aromatic N) is 2. The highest BCUT2D eigenvalue weighted by atomic mass is 127. The molecule has 1 N–H and O–H groups in total. The number of nitrogens with one attached hydrogen (secondary N) is 1. The molecule has 0 aliphatic carbocycles. The first-order valence-electron chi connectivity index (χ1n) is 7.86. The van der Waals surface area contributed by atoms with Crippen molar-refractivity contribution in [2.75, 3.05) is 13.2 Å². The van der Waals surface area contributed by atoms with E-state index in [2.05, 4.69) is 14.9 Å². The van der Waals surface area contributed by atoms with Gasteiger partial charge in [0, 0.05) is 24.6 Å². The highest BCUT2D eigenvalue weighted by molar-refractivity contribution is 14.2. The lowest BCUT2D eigenvalue weighted by molar-refractivity contribution is -0.143. The van der Waals surface area contributed by atoms with Crippen LogP contribution >= 0.6 is 32.1 Å². The second-order valence-electron chi connectivity index (χ2n) is 5.75. The Balaban J connectivity index is 1.67. The molecule has 0 aromatic carbocycles. The summed E-state index contributed by atoms with van der Waals surface area (Å²) in [7, 11) is 0. The highest BCUT2D eigenvalue weighted by Gasteiger charge is 2.35. The lowest BCUT2D eigenvalue weighted by Crippen LogP contribution is -2.25. The van der Waals surface area contributed by atoms with Crippen molar-refractivity contribution in [2.45, 2.75) is 36.2 Å². The molecule has 2 aromatic heterocycles. The molecule has 25 heavy (non-hydrogen) atoms. The third kappa shape index (κ3) is 4.89. The number of hydrogen-bond donors (Lipinski definition) is 1. The van der Waals surface area contributed by atoms with Crippen LogP contribution in [0.15, 0.2) is 18.2 Å². The van der Waals surface area contributed by atoms with E-state index in [0.717, 1.165) is 46.5 Å². The zero-order valence-corrected chi connectivity index (χ0v) is 16.5. The Kier molecular flexibility index (Phi) is 6.29. The van der Waals surface area contributed by atoms with E-state index in [1.54, 1.807) is 0 Å². The summed E-state index contributed by atoms with van der Waals surface area (Å²) in [6, 6.07) is 4.90. The normalized spacial score (nSPS) is 18.1. The molecule has 1 atom stereocenters. The van der Waals surface area contributed by atoms with Crippen LogP contribution in [-0.2, 0) is 22.0 Å². The predicted molar refractivity (Wildman–Crippen MR) is 102 cm³/mol. The Hall–Kier alpha value is -0.780. The van der Waals surface area contributed by atoms with Gasteiger partial charge in [0.1, 0.15) is 11.4 Å². The maximum Gasteiger partial charge on any atom is 0.433 e. The van der Waals surface area contributed by atoms with E-state index in [-0.39, 0.29) is 10.7 Å².